The van der Waals surface area contributed by atoms with Gasteiger partial charge < -0.3 is 19.3 Å². The molecule has 0 radical (unpaired) electrons. The molecular weight excluding hydrogens is 522 g/mol. The topological polar surface area (TPSA) is 42.0 Å². The Morgan fingerprint density at radius 3 is 2.30 bits per heavy atom. The molecular formula is C21H25BrF6N2O3. The van der Waals surface area contributed by atoms with E-state index in [1.54, 1.807) is 11.8 Å². The number of piperazine rings is 1. The molecule has 0 spiro atoms. The van der Waals surface area contributed by atoms with E-state index in [1.165, 1.54) is 18.2 Å². The molecule has 12 heteroatoms. The summed E-state index contributed by atoms with van der Waals surface area (Å²) in [7, 11) is 0.938. The summed E-state index contributed by atoms with van der Waals surface area (Å²) in [6.45, 7) is 3.34. The molecule has 1 aliphatic heterocycles. The van der Waals surface area contributed by atoms with Crippen molar-refractivity contribution in [3.8, 4) is 0 Å². The van der Waals surface area contributed by atoms with Crippen LogP contribution in [-0.4, -0.2) is 68.1 Å². The van der Waals surface area contributed by atoms with Crippen LogP contribution in [0.3, 0.4) is 0 Å². The van der Waals surface area contributed by atoms with Crippen molar-refractivity contribution in [1.29, 1.82) is 0 Å². The van der Waals surface area contributed by atoms with Gasteiger partial charge in [0, 0.05) is 44.0 Å². The fraction of sp³-hybridized carbons (Fsp3) is 0.571. The van der Waals surface area contributed by atoms with Crippen LogP contribution in [0.1, 0.15) is 25.0 Å². The number of benzene rings is 1. The molecule has 0 aromatic heterocycles. The zero-order chi connectivity index (χ0) is 25.0. The lowest BCUT2D eigenvalue weighted by Gasteiger charge is -2.42. The third-order valence-corrected chi connectivity index (χ3v) is 5.86. The molecule has 0 N–H and O–H groups in total. The number of allylic oxidation sites excluding steroid dienone is 1. The SMILES string of the molecule is CC=Cc1cc(C(OCOC)(C(F)(F)F)C(F)(F)F)ccc1N1CCN(C(=O)CBr)CC1C. The number of nitrogens with zero attached hydrogens (tertiary/aromatic N) is 2. The lowest BCUT2D eigenvalue weighted by atomic mass is 9.89. The van der Waals surface area contributed by atoms with Crippen LogP contribution in [0.15, 0.2) is 24.3 Å². The van der Waals surface area contributed by atoms with Crippen LogP contribution in [0.5, 0.6) is 0 Å². The first kappa shape index (κ1) is 27.5. The fourth-order valence-electron chi connectivity index (χ4n) is 3.86. The first-order valence-corrected chi connectivity index (χ1v) is 11.1. The molecule has 1 amide bonds. The minimum Gasteiger partial charge on any atom is -0.365 e. The molecule has 1 aliphatic rings. The van der Waals surface area contributed by atoms with Gasteiger partial charge in [0.15, 0.2) is 0 Å². The second kappa shape index (κ2) is 10.6. The van der Waals surface area contributed by atoms with E-state index in [-0.39, 0.29) is 22.8 Å². The highest BCUT2D eigenvalue weighted by molar-refractivity contribution is 9.09. The molecule has 186 valence electrons. The molecule has 2 rings (SSSR count). The van der Waals surface area contributed by atoms with Gasteiger partial charge in [-0.2, -0.15) is 26.3 Å². The van der Waals surface area contributed by atoms with Gasteiger partial charge in [0.1, 0.15) is 6.79 Å². The van der Waals surface area contributed by atoms with Gasteiger partial charge in [0.25, 0.3) is 5.60 Å². The Hall–Kier alpha value is -1.79. The van der Waals surface area contributed by atoms with E-state index in [9.17, 15) is 31.1 Å². The highest BCUT2D eigenvalue weighted by Crippen LogP contribution is 2.53. The zero-order valence-electron chi connectivity index (χ0n) is 18.3. The second-order valence-electron chi connectivity index (χ2n) is 7.52. The Morgan fingerprint density at radius 2 is 1.82 bits per heavy atom. The van der Waals surface area contributed by atoms with Crippen LogP contribution in [0, 0.1) is 0 Å². The summed E-state index contributed by atoms with van der Waals surface area (Å²) in [5.41, 5.74) is -5.03. The Balaban J connectivity index is 2.58. The third-order valence-electron chi connectivity index (χ3n) is 5.38. The minimum absolute atomic E-state index is 0.0963. The van der Waals surface area contributed by atoms with Crippen molar-refractivity contribution < 1.29 is 40.6 Å². The highest BCUT2D eigenvalue weighted by atomic mass is 79.9. The summed E-state index contributed by atoms with van der Waals surface area (Å²) in [5, 5.41) is 0.163. The first-order chi connectivity index (χ1) is 15.3. The summed E-state index contributed by atoms with van der Waals surface area (Å²) < 4.78 is 92.1. The van der Waals surface area contributed by atoms with Crippen molar-refractivity contribution >= 4 is 33.6 Å². The van der Waals surface area contributed by atoms with Crippen molar-refractivity contribution in [3.63, 3.8) is 0 Å². The van der Waals surface area contributed by atoms with Gasteiger partial charge >= 0.3 is 12.4 Å². The molecule has 1 aromatic rings. The van der Waals surface area contributed by atoms with Crippen molar-refractivity contribution in [1.82, 2.24) is 4.90 Å². The van der Waals surface area contributed by atoms with Gasteiger partial charge in [-0.1, -0.05) is 34.1 Å². The zero-order valence-corrected chi connectivity index (χ0v) is 19.9. The maximum Gasteiger partial charge on any atom is 0.430 e. The molecule has 0 bridgehead atoms. The molecule has 0 saturated carbocycles. The largest absolute Gasteiger partial charge is 0.430 e. The van der Waals surface area contributed by atoms with E-state index < -0.39 is 30.3 Å². The van der Waals surface area contributed by atoms with E-state index in [4.69, 9.17) is 0 Å². The smallest absolute Gasteiger partial charge is 0.365 e. The summed E-state index contributed by atoms with van der Waals surface area (Å²) in [4.78, 5) is 15.5. The quantitative estimate of drug-likeness (QED) is 0.271. The summed E-state index contributed by atoms with van der Waals surface area (Å²) in [6, 6.07) is 2.64. The number of hydrogen-bond donors (Lipinski definition) is 0. The molecule has 1 saturated heterocycles. The van der Waals surface area contributed by atoms with Crippen LogP contribution in [0.4, 0.5) is 32.0 Å². The number of rotatable bonds is 7. The predicted molar refractivity (Wildman–Crippen MR) is 115 cm³/mol. The Morgan fingerprint density at radius 1 is 1.18 bits per heavy atom. The number of ether oxygens (including phenoxy) is 2. The second-order valence-corrected chi connectivity index (χ2v) is 8.08. The van der Waals surface area contributed by atoms with Crippen LogP contribution in [0.25, 0.3) is 6.08 Å². The maximum atomic E-state index is 13.9. The molecule has 0 aliphatic carbocycles. The molecule has 5 nitrogen and oxygen atoms in total. The Bertz CT molecular complexity index is 845. The molecule has 1 fully saturated rings. The molecule has 33 heavy (non-hydrogen) atoms. The lowest BCUT2D eigenvalue weighted by Crippen LogP contribution is -2.56. The van der Waals surface area contributed by atoms with E-state index in [0.29, 0.717) is 25.3 Å². The van der Waals surface area contributed by atoms with Crippen LogP contribution < -0.4 is 4.90 Å². The van der Waals surface area contributed by atoms with Crippen molar-refractivity contribution in [3.05, 3.63) is 35.4 Å². The van der Waals surface area contributed by atoms with Crippen LogP contribution in [-0.2, 0) is 19.9 Å². The number of hydrogen-bond acceptors (Lipinski definition) is 4. The number of amides is 1. The van der Waals surface area contributed by atoms with Gasteiger partial charge in [0.2, 0.25) is 5.91 Å². The van der Waals surface area contributed by atoms with Crippen molar-refractivity contribution in [2.24, 2.45) is 0 Å². The number of carbonyl (C=O) groups excluding carboxylic acids is 1. The Labute approximate surface area is 196 Å². The summed E-state index contributed by atoms with van der Waals surface area (Å²) in [6.07, 6.45) is -8.63. The van der Waals surface area contributed by atoms with E-state index in [1.807, 2.05) is 11.8 Å². The molecule has 1 heterocycles. The molecule has 1 unspecified atom stereocenters. The lowest BCUT2D eigenvalue weighted by molar-refractivity contribution is -0.400. The Kier molecular flexibility index (Phi) is 8.86. The average Bonchev–Trinajstić information content (AvgIpc) is 2.72. The minimum atomic E-state index is -5.80. The van der Waals surface area contributed by atoms with Gasteiger partial charge in [-0.05, 0) is 31.5 Å². The highest BCUT2D eigenvalue weighted by Gasteiger charge is 2.73. The normalized spacial score (nSPS) is 18.3. The monoisotopic (exact) mass is 546 g/mol. The van der Waals surface area contributed by atoms with Crippen molar-refractivity contribution in [2.45, 2.75) is 37.8 Å². The molecule has 1 aromatic carbocycles. The maximum absolute atomic E-state index is 13.9. The predicted octanol–water partition coefficient (Wildman–Crippen LogP) is 5.09. The van der Waals surface area contributed by atoms with E-state index in [0.717, 1.165) is 19.2 Å². The average molecular weight is 547 g/mol. The third kappa shape index (κ3) is 5.48. The standard InChI is InChI=1S/C21H25BrF6N2O3/c1-4-5-15-10-16(19(20(23,24)25,21(26,27)28)33-13-32-3)6-7-17(15)30-9-8-29(12-14(30)2)18(31)11-22/h4-7,10,14H,8-9,11-13H2,1-3H3. The number of carbonyl (C=O) groups is 1. The number of anilines is 1. The van der Waals surface area contributed by atoms with Gasteiger partial charge in [-0.15, -0.1) is 0 Å². The van der Waals surface area contributed by atoms with Gasteiger partial charge in [-0.3, -0.25) is 4.79 Å². The molecule has 1 atom stereocenters. The van der Waals surface area contributed by atoms with E-state index >= 15 is 0 Å². The van der Waals surface area contributed by atoms with E-state index in [2.05, 4.69) is 25.4 Å². The van der Waals surface area contributed by atoms with Crippen molar-refractivity contribution in [2.75, 3.05) is 43.8 Å². The van der Waals surface area contributed by atoms with Gasteiger partial charge in [0.05, 0.1) is 5.33 Å². The first-order valence-electron chi connectivity index (χ1n) is 9.98. The number of alkyl halides is 7. The fourth-order valence-corrected chi connectivity index (χ4v) is 4.21. The summed E-state index contributed by atoms with van der Waals surface area (Å²) >= 11 is 3.12. The van der Waals surface area contributed by atoms with Crippen LogP contribution in [0.2, 0.25) is 0 Å². The van der Waals surface area contributed by atoms with Crippen LogP contribution >= 0.6 is 15.9 Å². The number of halogens is 7. The van der Waals surface area contributed by atoms with Gasteiger partial charge in [-0.25, -0.2) is 0 Å². The summed E-state index contributed by atoms with van der Waals surface area (Å²) in [5.74, 6) is -0.0963. The number of methoxy groups -OCH3 is 1.